The van der Waals surface area contributed by atoms with Gasteiger partial charge >= 0.3 is 0 Å². The number of phenols is 1. The van der Waals surface area contributed by atoms with Gasteiger partial charge in [0.15, 0.2) is 0 Å². The molecule has 0 heterocycles. The van der Waals surface area contributed by atoms with Crippen molar-refractivity contribution in [1.29, 1.82) is 0 Å². The fourth-order valence-corrected chi connectivity index (χ4v) is 4.18. The van der Waals surface area contributed by atoms with Gasteiger partial charge in [0.25, 0.3) is 10.0 Å². The quantitative estimate of drug-likeness (QED) is 0.427. The van der Waals surface area contributed by atoms with Crippen molar-refractivity contribution in [1.82, 2.24) is 0 Å². The summed E-state index contributed by atoms with van der Waals surface area (Å²) in [6.45, 7) is 1.90. The molecule has 0 saturated carbocycles. The smallest absolute Gasteiger partial charge is 0.261 e. The Balaban J connectivity index is 1.66. The molecule has 0 fully saturated rings. The standard InChI is InChI=1S/C24H20N2O3S/c1-17-10-14-20(15-11-17)30(28,29)26-23-9-5-4-8-22(23)25-16-19-13-12-18-6-2-3-7-21(18)24(19)27/h2-16,26-27H,1H3. The third kappa shape index (κ3) is 4.04. The lowest BCUT2D eigenvalue weighted by Crippen LogP contribution is -2.13. The van der Waals surface area contributed by atoms with Crippen LogP contribution in [0.25, 0.3) is 10.8 Å². The summed E-state index contributed by atoms with van der Waals surface area (Å²) in [6.07, 6.45) is 1.53. The summed E-state index contributed by atoms with van der Waals surface area (Å²) in [5, 5.41) is 12.2. The van der Waals surface area contributed by atoms with Crippen LogP contribution in [0.2, 0.25) is 0 Å². The predicted molar refractivity (Wildman–Crippen MR) is 121 cm³/mol. The van der Waals surface area contributed by atoms with E-state index in [1.807, 2.05) is 37.3 Å². The molecule has 0 aliphatic rings. The zero-order chi connectivity index (χ0) is 21.1. The first-order valence-corrected chi connectivity index (χ1v) is 10.9. The molecular formula is C24H20N2O3S. The number of hydrogen-bond donors (Lipinski definition) is 2. The molecule has 0 atom stereocenters. The van der Waals surface area contributed by atoms with Crippen molar-refractivity contribution in [2.45, 2.75) is 11.8 Å². The zero-order valence-electron chi connectivity index (χ0n) is 16.3. The Kier molecular flexibility index (Phi) is 5.25. The molecule has 0 spiro atoms. The number of anilines is 1. The van der Waals surface area contributed by atoms with Crippen molar-refractivity contribution < 1.29 is 13.5 Å². The molecule has 0 aliphatic carbocycles. The fraction of sp³-hybridized carbons (Fsp3) is 0.0417. The largest absolute Gasteiger partial charge is 0.507 e. The van der Waals surface area contributed by atoms with Gasteiger partial charge in [0.2, 0.25) is 0 Å². The summed E-state index contributed by atoms with van der Waals surface area (Å²) in [6, 6.07) is 24.7. The number of hydrogen-bond acceptors (Lipinski definition) is 4. The van der Waals surface area contributed by atoms with Gasteiger partial charge in [0.05, 0.1) is 16.3 Å². The number of para-hydroxylation sites is 2. The lowest BCUT2D eigenvalue weighted by molar-refractivity contribution is 0.481. The number of aromatic hydroxyl groups is 1. The van der Waals surface area contributed by atoms with Crippen LogP contribution in [0.3, 0.4) is 0 Å². The van der Waals surface area contributed by atoms with Crippen molar-refractivity contribution in [3.63, 3.8) is 0 Å². The number of benzene rings is 4. The molecule has 0 aromatic heterocycles. The Labute approximate surface area is 175 Å². The van der Waals surface area contributed by atoms with E-state index in [0.29, 0.717) is 16.9 Å². The van der Waals surface area contributed by atoms with Gasteiger partial charge in [-0.2, -0.15) is 0 Å². The van der Waals surface area contributed by atoms with Crippen LogP contribution in [-0.4, -0.2) is 19.7 Å². The van der Waals surface area contributed by atoms with Crippen molar-refractivity contribution in [2.24, 2.45) is 4.99 Å². The van der Waals surface area contributed by atoms with Gasteiger partial charge in [-0.1, -0.05) is 60.2 Å². The highest BCUT2D eigenvalue weighted by atomic mass is 32.2. The Morgan fingerprint density at radius 3 is 2.37 bits per heavy atom. The third-order valence-corrected chi connectivity index (χ3v) is 6.14. The highest BCUT2D eigenvalue weighted by Crippen LogP contribution is 2.30. The van der Waals surface area contributed by atoms with E-state index in [9.17, 15) is 13.5 Å². The van der Waals surface area contributed by atoms with Gasteiger partial charge in [0, 0.05) is 17.2 Å². The molecule has 0 bridgehead atoms. The van der Waals surface area contributed by atoms with Gasteiger partial charge in [-0.25, -0.2) is 8.42 Å². The van der Waals surface area contributed by atoms with Crippen LogP contribution in [0.1, 0.15) is 11.1 Å². The SMILES string of the molecule is Cc1ccc(S(=O)(=O)Nc2ccccc2N=Cc2ccc3ccccc3c2O)cc1. The minimum Gasteiger partial charge on any atom is -0.507 e. The first-order chi connectivity index (χ1) is 14.4. The topological polar surface area (TPSA) is 78.8 Å². The van der Waals surface area contributed by atoms with E-state index in [1.165, 1.54) is 6.21 Å². The van der Waals surface area contributed by atoms with Gasteiger partial charge in [-0.3, -0.25) is 9.71 Å². The number of aliphatic imine (C=N–C) groups is 1. The minimum atomic E-state index is -3.75. The van der Waals surface area contributed by atoms with Gasteiger partial charge in [0.1, 0.15) is 5.75 Å². The Bertz CT molecular complexity index is 1340. The summed E-state index contributed by atoms with van der Waals surface area (Å²) < 4.78 is 28.1. The highest BCUT2D eigenvalue weighted by molar-refractivity contribution is 7.92. The van der Waals surface area contributed by atoms with E-state index in [2.05, 4.69) is 9.71 Å². The maximum atomic E-state index is 12.7. The first kappa shape index (κ1) is 19.7. The Morgan fingerprint density at radius 1 is 0.867 bits per heavy atom. The molecule has 0 amide bonds. The average Bonchev–Trinajstić information content (AvgIpc) is 2.74. The summed E-state index contributed by atoms with van der Waals surface area (Å²) >= 11 is 0. The second-order valence-corrected chi connectivity index (χ2v) is 8.60. The maximum absolute atomic E-state index is 12.7. The number of fused-ring (bicyclic) bond motifs is 1. The van der Waals surface area contributed by atoms with Gasteiger partial charge in [-0.05, 0) is 42.6 Å². The lowest BCUT2D eigenvalue weighted by atomic mass is 10.1. The van der Waals surface area contributed by atoms with E-state index in [1.54, 1.807) is 54.6 Å². The molecule has 0 radical (unpaired) electrons. The third-order valence-electron chi connectivity index (χ3n) is 4.75. The lowest BCUT2D eigenvalue weighted by Gasteiger charge is -2.10. The molecule has 0 aliphatic heterocycles. The minimum absolute atomic E-state index is 0.134. The van der Waals surface area contributed by atoms with Crippen LogP contribution in [0.15, 0.2) is 94.8 Å². The predicted octanol–water partition coefficient (Wildman–Crippen LogP) is 5.41. The zero-order valence-corrected chi connectivity index (χ0v) is 17.1. The molecule has 30 heavy (non-hydrogen) atoms. The van der Waals surface area contributed by atoms with E-state index in [-0.39, 0.29) is 10.6 Å². The first-order valence-electron chi connectivity index (χ1n) is 9.37. The second-order valence-electron chi connectivity index (χ2n) is 6.92. The number of sulfonamides is 1. The monoisotopic (exact) mass is 416 g/mol. The van der Waals surface area contributed by atoms with Crippen LogP contribution < -0.4 is 4.72 Å². The molecule has 4 aromatic carbocycles. The van der Waals surface area contributed by atoms with Crippen LogP contribution >= 0.6 is 0 Å². The molecule has 150 valence electrons. The Hall–Kier alpha value is -3.64. The molecule has 4 rings (SSSR count). The number of nitrogens with zero attached hydrogens (tertiary/aromatic N) is 1. The molecule has 5 nitrogen and oxygen atoms in total. The Morgan fingerprint density at radius 2 is 1.57 bits per heavy atom. The van der Waals surface area contributed by atoms with E-state index < -0.39 is 10.0 Å². The van der Waals surface area contributed by atoms with Crippen molar-refractivity contribution >= 4 is 38.4 Å². The van der Waals surface area contributed by atoms with Crippen LogP contribution in [0.4, 0.5) is 11.4 Å². The fourth-order valence-electron chi connectivity index (χ4n) is 3.11. The molecule has 6 heteroatoms. The molecule has 4 aromatic rings. The van der Waals surface area contributed by atoms with Crippen molar-refractivity contribution in [3.05, 3.63) is 96.1 Å². The summed E-state index contributed by atoms with van der Waals surface area (Å²) in [4.78, 5) is 4.60. The maximum Gasteiger partial charge on any atom is 0.261 e. The van der Waals surface area contributed by atoms with Crippen molar-refractivity contribution in [2.75, 3.05) is 4.72 Å². The van der Waals surface area contributed by atoms with Gasteiger partial charge < -0.3 is 5.11 Å². The summed E-state index contributed by atoms with van der Waals surface area (Å²) in [5.41, 5.74) is 2.33. The van der Waals surface area contributed by atoms with Gasteiger partial charge in [-0.15, -0.1) is 0 Å². The molecule has 2 N–H and O–H groups in total. The average molecular weight is 417 g/mol. The van der Waals surface area contributed by atoms with Crippen LogP contribution in [0, 0.1) is 6.92 Å². The number of aryl methyl sites for hydroxylation is 1. The molecule has 0 saturated heterocycles. The van der Waals surface area contributed by atoms with E-state index >= 15 is 0 Å². The number of rotatable bonds is 5. The summed E-state index contributed by atoms with van der Waals surface area (Å²) in [7, 11) is -3.75. The highest BCUT2D eigenvalue weighted by Gasteiger charge is 2.15. The van der Waals surface area contributed by atoms with E-state index in [4.69, 9.17) is 0 Å². The van der Waals surface area contributed by atoms with Crippen molar-refractivity contribution in [3.8, 4) is 5.75 Å². The normalized spacial score (nSPS) is 11.8. The van der Waals surface area contributed by atoms with Crippen LogP contribution in [-0.2, 0) is 10.0 Å². The van der Waals surface area contributed by atoms with E-state index in [0.717, 1.165) is 16.3 Å². The number of nitrogens with one attached hydrogen (secondary N) is 1. The number of phenolic OH excluding ortho intramolecular Hbond substituents is 1. The summed E-state index contributed by atoms with van der Waals surface area (Å²) in [5.74, 6) is 0.134. The van der Waals surface area contributed by atoms with Crippen LogP contribution in [0.5, 0.6) is 5.75 Å². The molecular weight excluding hydrogens is 396 g/mol. The molecule has 0 unspecified atom stereocenters. The second kappa shape index (κ2) is 8.00.